The molecule has 0 atom stereocenters. The molecule has 1 rings (SSSR count). The molecule has 2 nitrogen and oxygen atoms in total. The fourth-order valence-electron chi connectivity index (χ4n) is 1.73. The summed E-state index contributed by atoms with van der Waals surface area (Å²) in [5.74, 6) is 1.03. The normalized spacial score (nSPS) is 10.2. The van der Waals surface area contributed by atoms with Gasteiger partial charge in [0.05, 0.1) is 7.11 Å². The average molecular weight is 271 g/mol. The smallest absolute Gasteiger partial charge is 0.134 e. The number of hydrogen-bond donors (Lipinski definition) is 0. The molecule has 0 N–H and O–H groups in total. The predicted octanol–water partition coefficient (Wildman–Crippen LogP) is 3.21. The second-order valence-electron chi connectivity index (χ2n) is 3.69. The monoisotopic (exact) mass is 270 g/mol. The Bertz CT molecular complexity index is 397. The van der Waals surface area contributed by atoms with Crippen molar-refractivity contribution in [3.8, 4) is 5.75 Å². The Hall–Kier alpha value is -0.830. The largest absolute Gasteiger partial charge is 0.496 e. The lowest BCUT2D eigenvalue weighted by atomic mass is 10.00. The zero-order valence-corrected chi connectivity index (χ0v) is 11.1. The summed E-state index contributed by atoms with van der Waals surface area (Å²) in [6.07, 6.45) is 0.447. The second-order valence-corrected chi connectivity index (χ2v) is 4.55. The molecule has 0 amide bonds. The summed E-state index contributed by atoms with van der Waals surface area (Å²) >= 11 is 3.48. The Labute approximate surface area is 98.8 Å². The zero-order chi connectivity index (χ0) is 11.6. The van der Waals surface area contributed by atoms with E-state index in [-0.39, 0.29) is 5.78 Å². The topological polar surface area (TPSA) is 26.3 Å². The molecule has 0 aromatic heterocycles. The first kappa shape index (κ1) is 12.2. The molecule has 0 radical (unpaired) electrons. The molecule has 0 unspecified atom stereocenters. The predicted molar refractivity (Wildman–Crippen MR) is 64.6 cm³/mol. The number of carbonyl (C=O) groups excluding carboxylic acids is 1. The van der Waals surface area contributed by atoms with Gasteiger partial charge in [-0.05, 0) is 43.5 Å². The number of carbonyl (C=O) groups is 1. The van der Waals surface area contributed by atoms with Gasteiger partial charge in [0.2, 0.25) is 0 Å². The molecular formula is C12H15BrO2. The number of ether oxygens (including phenoxy) is 1. The van der Waals surface area contributed by atoms with Crippen LogP contribution in [0.5, 0.6) is 5.75 Å². The standard InChI is InChI=1S/C12H15BrO2/c1-7-5-11(13)10(6-8(2)14)9(3)12(7)15-4/h5H,6H2,1-4H3. The molecule has 0 aliphatic heterocycles. The molecule has 0 spiro atoms. The molecule has 1 aromatic rings. The van der Waals surface area contributed by atoms with Crippen LogP contribution in [-0.4, -0.2) is 12.9 Å². The van der Waals surface area contributed by atoms with Crippen LogP contribution in [0.3, 0.4) is 0 Å². The van der Waals surface area contributed by atoms with E-state index in [4.69, 9.17) is 4.74 Å². The molecule has 0 saturated carbocycles. The number of Topliss-reactive ketones (excluding diaryl/α,β-unsaturated/α-hetero) is 1. The molecule has 0 heterocycles. The van der Waals surface area contributed by atoms with E-state index < -0.39 is 0 Å². The molecule has 82 valence electrons. The Morgan fingerprint density at radius 1 is 1.47 bits per heavy atom. The fraction of sp³-hybridized carbons (Fsp3) is 0.417. The summed E-state index contributed by atoms with van der Waals surface area (Å²) in [5, 5.41) is 0. The third kappa shape index (κ3) is 2.59. The Kier molecular flexibility index (Phi) is 3.91. The van der Waals surface area contributed by atoms with Gasteiger partial charge in [0, 0.05) is 10.9 Å². The molecule has 0 bridgehead atoms. The van der Waals surface area contributed by atoms with E-state index in [1.54, 1.807) is 14.0 Å². The first-order valence-corrected chi connectivity index (χ1v) is 5.58. The highest BCUT2D eigenvalue weighted by Crippen LogP contribution is 2.32. The fourth-order valence-corrected chi connectivity index (χ4v) is 2.52. The number of methoxy groups -OCH3 is 1. The number of benzene rings is 1. The van der Waals surface area contributed by atoms with Crippen LogP contribution >= 0.6 is 15.9 Å². The van der Waals surface area contributed by atoms with Crippen molar-refractivity contribution in [3.05, 3.63) is 27.2 Å². The SMILES string of the molecule is COc1c(C)cc(Br)c(CC(C)=O)c1C. The van der Waals surface area contributed by atoms with E-state index in [1.165, 1.54) is 0 Å². The van der Waals surface area contributed by atoms with Crippen LogP contribution in [-0.2, 0) is 11.2 Å². The highest BCUT2D eigenvalue weighted by molar-refractivity contribution is 9.10. The summed E-state index contributed by atoms with van der Waals surface area (Å²) in [6.45, 7) is 5.57. The third-order valence-electron chi connectivity index (χ3n) is 2.41. The van der Waals surface area contributed by atoms with E-state index >= 15 is 0 Å². The van der Waals surface area contributed by atoms with Crippen LogP contribution in [0, 0.1) is 13.8 Å². The zero-order valence-electron chi connectivity index (χ0n) is 9.48. The van der Waals surface area contributed by atoms with Gasteiger partial charge in [-0.2, -0.15) is 0 Å². The highest BCUT2D eigenvalue weighted by Gasteiger charge is 2.13. The summed E-state index contributed by atoms with van der Waals surface area (Å²) in [6, 6.07) is 1.99. The van der Waals surface area contributed by atoms with Gasteiger partial charge in [-0.1, -0.05) is 15.9 Å². The maximum Gasteiger partial charge on any atom is 0.134 e. The highest BCUT2D eigenvalue weighted by atomic mass is 79.9. The molecule has 3 heteroatoms. The molecule has 0 fully saturated rings. The van der Waals surface area contributed by atoms with Gasteiger partial charge in [0.15, 0.2) is 0 Å². The van der Waals surface area contributed by atoms with Crippen LogP contribution in [0.4, 0.5) is 0 Å². The lowest BCUT2D eigenvalue weighted by Gasteiger charge is -2.14. The summed E-state index contributed by atoms with van der Waals surface area (Å²) in [4.78, 5) is 11.1. The second kappa shape index (κ2) is 4.79. The van der Waals surface area contributed by atoms with Gasteiger partial charge < -0.3 is 4.74 Å². The van der Waals surface area contributed by atoms with Gasteiger partial charge in [-0.3, -0.25) is 4.79 Å². The van der Waals surface area contributed by atoms with Crippen molar-refractivity contribution < 1.29 is 9.53 Å². The minimum atomic E-state index is 0.157. The molecular weight excluding hydrogens is 256 g/mol. The molecule has 0 saturated heterocycles. The van der Waals surface area contributed by atoms with Crippen molar-refractivity contribution in [2.45, 2.75) is 27.2 Å². The summed E-state index contributed by atoms with van der Waals surface area (Å²) in [7, 11) is 1.65. The number of ketones is 1. The summed E-state index contributed by atoms with van der Waals surface area (Å²) < 4.78 is 6.30. The first-order chi connectivity index (χ1) is 6.97. The van der Waals surface area contributed by atoms with Gasteiger partial charge >= 0.3 is 0 Å². The van der Waals surface area contributed by atoms with Crippen molar-refractivity contribution in [1.82, 2.24) is 0 Å². The average Bonchev–Trinajstić information content (AvgIpc) is 2.12. The number of hydrogen-bond acceptors (Lipinski definition) is 2. The Balaban J connectivity index is 3.32. The van der Waals surface area contributed by atoms with E-state index in [9.17, 15) is 4.79 Å². The van der Waals surface area contributed by atoms with Gasteiger partial charge in [0.1, 0.15) is 11.5 Å². The van der Waals surface area contributed by atoms with Gasteiger partial charge in [0.25, 0.3) is 0 Å². The van der Waals surface area contributed by atoms with Crippen LogP contribution < -0.4 is 4.74 Å². The number of rotatable bonds is 3. The van der Waals surface area contributed by atoms with Crippen molar-refractivity contribution in [3.63, 3.8) is 0 Å². The van der Waals surface area contributed by atoms with Crippen LogP contribution in [0.2, 0.25) is 0 Å². The minimum absolute atomic E-state index is 0.157. The van der Waals surface area contributed by atoms with Crippen LogP contribution in [0.1, 0.15) is 23.6 Å². The minimum Gasteiger partial charge on any atom is -0.496 e. The Morgan fingerprint density at radius 3 is 2.53 bits per heavy atom. The van der Waals surface area contributed by atoms with Crippen LogP contribution in [0.15, 0.2) is 10.5 Å². The lowest BCUT2D eigenvalue weighted by Crippen LogP contribution is -2.03. The van der Waals surface area contributed by atoms with E-state index in [0.29, 0.717) is 6.42 Å². The van der Waals surface area contributed by atoms with Crippen molar-refractivity contribution in [1.29, 1.82) is 0 Å². The van der Waals surface area contributed by atoms with Gasteiger partial charge in [-0.25, -0.2) is 0 Å². The quantitative estimate of drug-likeness (QED) is 0.843. The number of halogens is 1. The molecule has 0 aliphatic rings. The molecule has 1 aromatic carbocycles. The number of aryl methyl sites for hydroxylation is 1. The van der Waals surface area contributed by atoms with Crippen LogP contribution in [0.25, 0.3) is 0 Å². The third-order valence-corrected chi connectivity index (χ3v) is 3.12. The van der Waals surface area contributed by atoms with Crippen molar-refractivity contribution in [2.75, 3.05) is 7.11 Å². The first-order valence-electron chi connectivity index (χ1n) is 4.79. The molecule has 0 aliphatic carbocycles. The van der Waals surface area contributed by atoms with E-state index in [1.807, 2.05) is 19.9 Å². The van der Waals surface area contributed by atoms with Crippen molar-refractivity contribution in [2.24, 2.45) is 0 Å². The lowest BCUT2D eigenvalue weighted by molar-refractivity contribution is -0.116. The maximum atomic E-state index is 11.1. The van der Waals surface area contributed by atoms with Gasteiger partial charge in [-0.15, -0.1) is 0 Å². The maximum absolute atomic E-state index is 11.1. The van der Waals surface area contributed by atoms with Crippen molar-refractivity contribution >= 4 is 21.7 Å². The van der Waals surface area contributed by atoms with E-state index in [2.05, 4.69) is 15.9 Å². The molecule has 15 heavy (non-hydrogen) atoms. The summed E-state index contributed by atoms with van der Waals surface area (Å²) in [5.41, 5.74) is 3.14. The van der Waals surface area contributed by atoms with E-state index in [0.717, 1.165) is 26.9 Å². The Morgan fingerprint density at radius 2 is 2.07 bits per heavy atom.